The summed E-state index contributed by atoms with van der Waals surface area (Å²) >= 11 is 8.72. The van der Waals surface area contributed by atoms with Gasteiger partial charge in [0.1, 0.15) is 5.01 Å². The number of nitrogens with zero attached hydrogens (tertiary/aromatic N) is 1. The fraction of sp³-hybridized carbons (Fsp3) is 0.267. The Hall–Kier alpha value is -1.57. The van der Waals surface area contributed by atoms with Crippen LogP contribution in [0.4, 0.5) is 0 Å². The molecule has 0 aliphatic carbocycles. The minimum absolute atomic E-state index is 0.0126. The monoisotopic (exact) mass is 370 g/mol. The predicted octanol–water partition coefficient (Wildman–Crippen LogP) is 3.68. The number of carboxylic acid groups (broad SMARTS) is 1. The third kappa shape index (κ3) is 6.21. The Morgan fingerprint density at radius 1 is 1.30 bits per heavy atom. The molecule has 23 heavy (non-hydrogen) atoms. The van der Waals surface area contributed by atoms with Gasteiger partial charge >= 0.3 is 5.97 Å². The first kappa shape index (κ1) is 17.8. The van der Waals surface area contributed by atoms with E-state index in [0.29, 0.717) is 16.5 Å². The molecule has 2 N–H and O–H groups in total. The van der Waals surface area contributed by atoms with Crippen molar-refractivity contribution in [2.45, 2.75) is 24.3 Å². The number of hydrogen-bond acceptors (Lipinski definition) is 5. The lowest BCUT2D eigenvalue weighted by Crippen LogP contribution is -2.22. The Balaban J connectivity index is 1.63. The number of carbonyl (C=O) groups excluding carboxylic acids is 1. The van der Waals surface area contributed by atoms with Crippen LogP contribution in [-0.4, -0.2) is 27.7 Å². The number of aromatic nitrogens is 1. The van der Waals surface area contributed by atoms with E-state index in [2.05, 4.69) is 10.3 Å². The number of carbonyl (C=O) groups is 2. The van der Waals surface area contributed by atoms with Crippen LogP contribution in [0.5, 0.6) is 0 Å². The Bertz CT molecular complexity index is 674. The van der Waals surface area contributed by atoms with Crippen LogP contribution in [0.15, 0.2) is 34.5 Å². The number of hydrogen-bond donors (Lipinski definition) is 2. The number of benzene rings is 1. The van der Waals surface area contributed by atoms with Crippen LogP contribution >= 0.6 is 34.7 Å². The van der Waals surface area contributed by atoms with E-state index in [1.807, 2.05) is 24.3 Å². The number of nitrogens with one attached hydrogen (secondary N) is 1. The lowest BCUT2D eigenvalue weighted by molar-refractivity contribution is -0.121. The third-order valence-electron chi connectivity index (χ3n) is 2.84. The summed E-state index contributed by atoms with van der Waals surface area (Å²) in [5.74, 6) is -0.276. The van der Waals surface area contributed by atoms with Crippen LogP contribution in [-0.2, 0) is 11.3 Å². The Labute approximate surface area is 147 Å². The number of carboxylic acids is 1. The summed E-state index contributed by atoms with van der Waals surface area (Å²) in [4.78, 5) is 27.5. The van der Waals surface area contributed by atoms with E-state index in [4.69, 9.17) is 16.7 Å². The van der Waals surface area contributed by atoms with Crippen molar-refractivity contribution in [3.63, 3.8) is 0 Å². The highest BCUT2D eigenvalue weighted by atomic mass is 35.5. The second-order valence-corrected chi connectivity index (χ2v) is 7.16. The van der Waals surface area contributed by atoms with Crippen LogP contribution in [0, 0.1) is 0 Å². The summed E-state index contributed by atoms with van der Waals surface area (Å²) in [5, 5.41) is 14.3. The fourth-order valence-corrected chi connectivity index (χ4v) is 3.39. The predicted molar refractivity (Wildman–Crippen MR) is 92.3 cm³/mol. The third-order valence-corrected chi connectivity index (χ3v) is 5.04. The molecule has 0 atom stereocenters. The molecule has 0 saturated heterocycles. The van der Waals surface area contributed by atoms with E-state index in [0.717, 1.165) is 17.1 Å². The molecule has 5 nitrogen and oxygen atoms in total. The average Bonchev–Trinajstić information content (AvgIpc) is 3.00. The van der Waals surface area contributed by atoms with Crippen molar-refractivity contribution in [1.29, 1.82) is 0 Å². The average molecular weight is 371 g/mol. The lowest BCUT2D eigenvalue weighted by Gasteiger charge is -2.04. The molecule has 2 rings (SSSR count). The molecule has 2 aromatic rings. The van der Waals surface area contributed by atoms with Gasteiger partial charge in [-0.05, 0) is 36.4 Å². The molecule has 1 amide bonds. The van der Waals surface area contributed by atoms with E-state index in [9.17, 15) is 9.59 Å². The molecule has 0 aliphatic heterocycles. The summed E-state index contributed by atoms with van der Waals surface area (Å²) in [5.41, 5.74) is 0.0126. The molecular weight excluding hydrogens is 356 g/mol. The standard InChI is InChI=1S/C15H15ClN2O3S2/c16-10-3-5-11(6-4-10)22-7-1-2-13(19)17-8-14-18-12(9-23-14)15(20)21/h3-6,9H,1-2,7-8H2,(H,17,19)(H,20,21). The van der Waals surface area contributed by atoms with Crippen molar-refractivity contribution < 1.29 is 14.7 Å². The maximum absolute atomic E-state index is 11.7. The maximum Gasteiger partial charge on any atom is 0.355 e. The second kappa shape index (κ2) is 8.90. The summed E-state index contributed by atoms with van der Waals surface area (Å²) in [6, 6.07) is 7.59. The lowest BCUT2D eigenvalue weighted by atomic mass is 10.3. The molecule has 1 aromatic heterocycles. The largest absolute Gasteiger partial charge is 0.476 e. The molecule has 1 aromatic carbocycles. The number of thioether (sulfide) groups is 1. The topological polar surface area (TPSA) is 79.3 Å². The van der Waals surface area contributed by atoms with E-state index in [-0.39, 0.29) is 18.1 Å². The van der Waals surface area contributed by atoms with Crippen molar-refractivity contribution in [1.82, 2.24) is 10.3 Å². The smallest absolute Gasteiger partial charge is 0.355 e. The van der Waals surface area contributed by atoms with Crippen molar-refractivity contribution in [3.05, 3.63) is 45.4 Å². The van der Waals surface area contributed by atoms with Gasteiger partial charge in [0.2, 0.25) is 5.91 Å². The van der Waals surface area contributed by atoms with Gasteiger partial charge < -0.3 is 10.4 Å². The zero-order valence-electron chi connectivity index (χ0n) is 12.1. The van der Waals surface area contributed by atoms with Gasteiger partial charge in [-0.3, -0.25) is 4.79 Å². The number of amides is 1. The van der Waals surface area contributed by atoms with Gasteiger partial charge in [0.15, 0.2) is 5.69 Å². The first-order valence-electron chi connectivity index (χ1n) is 6.87. The highest BCUT2D eigenvalue weighted by Gasteiger charge is 2.09. The molecule has 0 spiro atoms. The van der Waals surface area contributed by atoms with E-state index >= 15 is 0 Å². The van der Waals surface area contributed by atoms with Crippen LogP contribution in [0.3, 0.4) is 0 Å². The van der Waals surface area contributed by atoms with Crippen molar-refractivity contribution >= 4 is 46.6 Å². The van der Waals surface area contributed by atoms with Gasteiger partial charge in [0, 0.05) is 21.7 Å². The van der Waals surface area contributed by atoms with Crippen molar-refractivity contribution in [2.24, 2.45) is 0 Å². The molecule has 0 bridgehead atoms. The number of aromatic carboxylic acids is 1. The summed E-state index contributed by atoms with van der Waals surface area (Å²) in [6.45, 7) is 0.265. The van der Waals surface area contributed by atoms with Crippen LogP contribution < -0.4 is 5.32 Å². The highest BCUT2D eigenvalue weighted by Crippen LogP contribution is 2.21. The molecule has 0 saturated carbocycles. The fourth-order valence-electron chi connectivity index (χ4n) is 1.71. The SMILES string of the molecule is O=C(CCCSc1ccc(Cl)cc1)NCc1nc(C(=O)O)cs1. The van der Waals surface area contributed by atoms with Gasteiger partial charge in [-0.1, -0.05) is 11.6 Å². The molecule has 1 heterocycles. The number of halogens is 1. The maximum atomic E-state index is 11.7. The minimum Gasteiger partial charge on any atom is -0.476 e. The van der Waals surface area contributed by atoms with E-state index in [1.165, 1.54) is 16.7 Å². The minimum atomic E-state index is -1.06. The summed E-state index contributed by atoms with van der Waals surface area (Å²) < 4.78 is 0. The second-order valence-electron chi connectivity index (χ2n) is 4.61. The molecule has 122 valence electrons. The first-order chi connectivity index (χ1) is 11.0. The number of rotatable bonds is 8. The van der Waals surface area contributed by atoms with Crippen molar-refractivity contribution in [2.75, 3.05) is 5.75 Å². The van der Waals surface area contributed by atoms with Gasteiger partial charge in [-0.2, -0.15) is 0 Å². The molecular formula is C15H15ClN2O3S2. The Morgan fingerprint density at radius 3 is 2.70 bits per heavy atom. The molecule has 0 radical (unpaired) electrons. The zero-order chi connectivity index (χ0) is 16.7. The summed E-state index contributed by atoms with van der Waals surface area (Å²) in [6.07, 6.45) is 1.19. The summed E-state index contributed by atoms with van der Waals surface area (Å²) in [7, 11) is 0. The van der Waals surface area contributed by atoms with E-state index < -0.39 is 5.97 Å². The van der Waals surface area contributed by atoms with Gasteiger partial charge in [-0.25, -0.2) is 9.78 Å². The first-order valence-corrected chi connectivity index (χ1v) is 9.11. The van der Waals surface area contributed by atoms with Crippen LogP contribution in [0.1, 0.15) is 28.3 Å². The van der Waals surface area contributed by atoms with Gasteiger partial charge in [-0.15, -0.1) is 23.1 Å². The molecule has 0 fully saturated rings. The number of thiazole rings is 1. The zero-order valence-corrected chi connectivity index (χ0v) is 14.5. The Kier molecular flexibility index (Phi) is 6.88. The van der Waals surface area contributed by atoms with Gasteiger partial charge in [0.05, 0.1) is 6.54 Å². The molecule has 0 aliphatic rings. The molecule has 8 heteroatoms. The normalized spacial score (nSPS) is 10.5. The molecule has 0 unspecified atom stereocenters. The van der Waals surface area contributed by atoms with E-state index in [1.54, 1.807) is 11.8 Å². The van der Waals surface area contributed by atoms with Crippen LogP contribution in [0.25, 0.3) is 0 Å². The van der Waals surface area contributed by atoms with Crippen LogP contribution in [0.2, 0.25) is 5.02 Å². The van der Waals surface area contributed by atoms with Gasteiger partial charge in [0.25, 0.3) is 0 Å². The quantitative estimate of drug-likeness (QED) is 0.547. The highest BCUT2D eigenvalue weighted by molar-refractivity contribution is 7.99. The van der Waals surface area contributed by atoms with Crippen molar-refractivity contribution in [3.8, 4) is 0 Å². The Morgan fingerprint density at radius 2 is 2.04 bits per heavy atom.